The summed E-state index contributed by atoms with van der Waals surface area (Å²) in [5.41, 5.74) is 1.03. The fraction of sp³-hybridized carbons (Fsp3) is 0.533. The van der Waals surface area contributed by atoms with E-state index in [0.717, 1.165) is 43.5 Å². The highest BCUT2D eigenvalue weighted by Gasteiger charge is 2.27. The number of halogens is 2. The van der Waals surface area contributed by atoms with E-state index in [0.29, 0.717) is 11.6 Å². The predicted molar refractivity (Wildman–Crippen MR) is 85.3 cm³/mol. The van der Waals surface area contributed by atoms with Crippen LogP contribution >= 0.6 is 24.0 Å². The molecule has 3 rings (SSSR count). The SMILES string of the molecule is Cl.O=C(NC1CCCOc2cc(Cl)ccc21)C1CCCN1. The summed E-state index contributed by atoms with van der Waals surface area (Å²) in [6.07, 6.45) is 3.81. The van der Waals surface area contributed by atoms with Gasteiger partial charge in [-0.2, -0.15) is 0 Å². The van der Waals surface area contributed by atoms with Gasteiger partial charge >= 0.3 is 0 Å². The van der Waals surface area contributed by atoms with E-state index in [2.05, 4.69) is 10.6 Å². The van der Waals surface area contributed by atoms with Crippen molar-refractivity contribution >= 4 is 29.9 Å². The first-order valence-electron chi connectivity index (χ1n) is 7.20. The Labute approximate surface area is 136 Å². The molecule has 0 saturated carbocycles. The molecule has 21 heavy (non-hydrogen) atoms. The summed E-state index contributed by atoms with van der Waals surface area (Å²) < 4.78 is 5.72. The van der Waals surface area contributed by atoms with Gasteiger partial charge in [-0.25, -0.2) is 0 Å². The molecule has 2 unspecified atom stereocenters. The lowest BCUT2D eigenvalue weighted by Crippen LogP contribution is -2.42. The van der Waals surface area contributed by atoms with Crippen LogP contribution in [-0.2, 0) is 4.79 Å². The Morgan fingerprint density at radius 3 is 2.95 bits per heavy atom. The quantitative estimate of drug-likeness (QED) is 0.876. The van der Waals surface area contributed by atoms with Crippen molar-refractivity contribution in [2.45, 2.75) is 37.8 Å². The lowest BCUT2D eigenvalue weighted by atomic mass is 10.0. The first kappa shape index (κ1) is 16.4. The van der Waals surface area contributed by atoms with Crippen LogP contribution in [0.4, 0.5) is 0 Å². The van der Waals surface area contributed by atoms with Crippen molar-refractivity contribution < 1.29 is 9.53 Å². The van der Waals surface area contributed by atoms with Crippen LogP contribution in [0, 0.1) is 0 Å². The van der Waals surface area contributed by atoms with Crippen LogP contribution in [0.15, 0.2) is 18.2 Å². The van der Waals surface area contributed by atoms with Gasteiger partial charge in [0.1, 0.15) is 5.75 Å². The Kier molecular flexibility index (Phi) is 5.73. The summed E-state index contributed by atoms with van der Waals surface area (Å²) >= 11 is 6.01. The maximum Gasteiger partial charge on any atom is 0.237 e. The van der Waals surface area contributed by atoms with Gasteiger partial charge in [-0.3, -0.25) is 4.79 Å². The fourth-order valence-corrected chi connectivity index (χ4v) is 3.04. The Balaban J connectivity index is 0.00000161. The van der Waals surface area contributed by atoms with Crippen molar-refractivity contribution in [3.8, 4) is 5.75 Å². The summed E-state index contributed by atoms with van der Waals surface area (Å²) in [5.74, 6) is 0.884. The van der Waals surface area contributed by atoms with Gasteiger partial charge < -0.3 is 15.4 Å². The summed E-state index contributed by atoms with van der Waals surface area (Å²) in [6, 6.07) is 5.60. The van der Waals surface area contributed by atoms with Gasteiger partial charge in [-0.1, -0.05) is 17.7 Å². The molecule has 1 amide bonds. The van der Waals surface area contributed by atoms with Crippen molar-refractivity contribution in [2.75, 3.05) is 13.2 Å². The van der Waals surface area contributed by atoms with Crippen LogP contribution in [0.5, 0.6) is 5.75 Å². The largest absolute Gasteiger partial charge is 0.493 e. The molecule has 1 fully saturated rings. The average molecular weight is 331 g/mol. The molecule has 6 heteroatoms. The summed E-state index contributed by atoms with van der Waals surface area (Å²) in [7, 11) is 0. The molecule has 116 valence electrons. The number of benzene rings is 1. The molecule has 0 aliphatic carbocycles. The van der Waals surface area contributed by atoms with E-state index >= 15 is 0 Å². The molecule has 2 aliphatic rings. The minimum atomic E-state index is -0.0464. The van der Waals surface area contributed by atoms with Gasteiger partial charge in [0.2, 0.25) is 5.91 Å². The first-order valence-corrected chi connectivity index (χ1v) is 7.58. The number of amides is 1. The van der Waals surface area contributed by atoms with Crippen molar-refractivity contribution in [3.05, 3.63) is 28.8 Å². The number of fused-ring (bicyclic) bond motifs is 1. The third kappa shape index (κ3) is 3.82. The van der Waals surface area contributed by atoms with Gasteiger partial charge in [0.25, 0.3) is 0 Å². The average Bonchev–Trinajstić information content (AvgIpc) is 2.90. The second kappa shape index (κ2) is 7.34. The first-order chi connectivity index (χ1) is 9.74. The number of hydrogen-bond donors (Lipinski definition) is 2. The predicted octanol–water partition coefficient (Wildman–Crippen LogP) is 2.84. The molecular formula is C15H20Cl2N2O2. The lowest BCUT2D eigenvalue weighted by molar-refractivity contribution is -0.123. The van der Waals surface area contributed by atoms with Crippen LogP contribution in [0.2, 0.25) is 5.02 Å². The molecule has 0 aromatic heterocycles. The molecule has 0 bridgehead atoms. The summed E-state index contributed by atoms with van der Waals surface area (Å²) in [5, 5.41) is 7.04. The third-order valence-electron chi connectivity index (χ3n) is 3.94. The van der Waals surface area contributed by atoms with Crippen molar-refractivity contribution in [1.82, 2.24) is 10.6 Å². The molecule has 0 spiro atoms. The topological polar surface area (TPSA) is 50.4 Å². The van der Waals surface area contributed by atoms with Crippen LogP contribution in [0.25, 0.3) is 0 Å². The highest BCUT2D eigenvalue weighted by Crippen LogP contribution is 2.33. The number of carbonyl (C=O) groups excluding carboxylic acids is 1. The molecule has 2 aliphatic heterocycles. The van der Waals surface area contributed by atoms with Gasteiger partial charge in [0, 0.05) is 10.6 Å². The number of ether oxygens (including phenoxy) is 1. The zero-order chi connectivity index (χ0) is 13.9. The highest BCUT2D eigenvalue weighted by molar-refractivity contribution is 6.30. The van der Waals surface area contributed by atoms with Gasteiger partial charge in [0.05, 0.1) is 18.7 Å². The van der Waals surface area contributed by atoms with E-state index in [1.165, 1.54) is 0 Å². The lowest BCUT2D eigenvalue weighted by Gasteiger charge is -2.20. The molecule has 2 N–H and O–H groups in total. The monoisotopic (exact) mass is 330 g/mol. The molecule has 1 aromatic carbocycles. The Morgan fingerprint density at radius 1 is 1.33 bits per heavy atom. The number of rotatable bonds is 2. The van der Waals surface area contributed by atoms with Crippen LogP contribution < -0.4 is 15.4 Å². The van der Waals surface area contributed by atoms with E-state index in [-0.39, 0.29) is 30.4 Å². The summed E-state index contributed by atoms with van der Waals surface area (Å²) in [4.78, 5) is 12.3. The molecule has 2 atom stereocenters. The molecule has 1 aromatic rings. The van der Waals surface area contributed by atoms with E-state index in [1.807, 2.05) is 18.2 Å². The highest BCUT2D eigenvalue weighted by atomic mass is 35.5. The van der Waals surface area contributed by atoms with Crippen LogP contribution in [-0.4, -0.2) is 25.1 Å². The van der Waals surface area contributed by atoms with E-state index in [4.69, 9.17) is 16.3 Å². The maximum atomic E-state index is 12.3. The Hall–Kier alpha value is -0.970. The minimum Gasteiger partial charge on any atom is -0.493 e. The molecule has 0 radical (unpaired) electrons. The Morgan fingerprint density at radius 2 is 2.19 bits per heavy atom. The zero-order valence-electron chi connectivity index (χ0n) is 11.7. The molecule has 2 heterocycles. The van der Waals surface area contributed by atoms with E-state index < -0.39 is 0 Å². The maximum absolute atomic E-state index is 12.3. The van der Waals surface area contributed by atoms with Crippen LogP contribution in [0.3, 0.4) is 0 Å². The zero-order valence-corrected chi connectivity index (χ0v) is 13.3. The standard InChI is InChI=1S/C15H19ClN2O2.ClH/c16-10-5-6-11-12(4-2-8-20-14(11)9-10)18-15(19)13-3-1-7-17-13;/h5-6,9,12-13,17H,1-4,7-8H2,(H,18,19);1H. The normalized spacial score (nSPS) is 24.2. The van der Waals surface area contributed by atoms with E-state index in [1.54, 1.807) is 0 Å². The number of nitrogens with one attached hydrogen (secondary N) is 2. The van der Waals surface area contributed by atoms with E-state index in [9.17, 15) is 4.79 Å². The minimum absolute atomic E-state index is 0. The van der Waals surface area contributed by atoms with Crippen molar-refractivity contribution in [1.29, 1.82) is 0 Å². The third-order valence-corrected chi connectivity index (χ3v) is 4.17. The molecular weight excluding hydrogens is 311 g/mol. The van der Waals surface area contributed by atoms with Gasteiger partial charge in [-0.15, -0.1) is 12.4 Å². The number of hydrogen-bond acceptors (Lipinski definition) is 3. The van der Waals surface area contributed by atoms with Crippen molar-refractivity contribution in [3.63, 3.8) is 0 Å². The summed E-state index contributed by atoms with van der Waals surface area (Å²) in [6.45, 7) is 1.60. The Bertz CT molecular complexity index is 504. The van der Waals surface area contributed by atoms with Gasteiger partial charge in [-0.05, 0) is 44.4 Å². The smallest absolute Gasteiger partial charge is 0.237 e. The van der Waals surface area contributed by atoms with Gasteiger partial charge in [0.15, 0.2) is 0 Å². The second-order valence-corrected chi connectivity index (χ2v) is 5.82. The van der Waals surface area contributed by atoms with Crippen LogP contribution in [0.1, 0.15) is 37.3 Å². The molecule has 1 saturated heterocycles. The fourth-order valence-electron chi connectivity index (χ4n) is 2.88. The van der Waals surface area contributed by atoms with Crippen molar-refractivity contribution in [2.24, 2.45) is 0 Å². The number of carbonyl (C=O) groups is 1. The molecule has 4 nitrogen and oxygen atoms in total. The second-order valence-electron chi connectivity index (χ2n) is 5.38.